The highest BCUT2D eigenvalue weighted by atomic mass is 16.2. The highest BCUT2D eigenvalue weighted by Crippen LogP contribution is 2.35. The Morgan fingerprint density at radius 3 is 2.37 bits per heavy atom. The van der Waals surface area contributed by atoms with Gasteiger partial charge >= 0.3 is 0 Å². The van der Waals surface area contributed by atoms with Gasteiger partial charge in [-0.1, -0.05) is 26.2 Å². The third-order valence-electron chi connectivity index (χ3n) is 4.90. The van der Waals surface area contributed by atoms with E-state index in [0.717, 1.165) is 32.1 Å². The molecule has 0 bridgehead atoms. The first-order valence-electron chi connectivity index (χ1n) is 7.85. The number of amides is 2. The average Bonchev–Trinajstić information content (AvgIpc) is 3.26. The molecule has 2 unspecified atom stereocenters. The molecular weight excluding hydrogens is 240 g/mol. The molecule has 2 atom stereocenters. The molecule has 1 heterocycles. The molecule has 2 amide bonds. The van der Waals surface area contributed by atoms with E-state index >= 15 is 0 Å². The normalized spacial score (nSPS) is 33.4. The topological polar surface area (TPSA) is 49.4 Å². The smallest absolute Gasteiger partial charge is 0.246 e. The molecule has 3 aliphatic rings. The molecule has 0 aromatic heterocycles. The van der Waals surface area contributed by atoms with Gasteiger partial charge in [0.1, 0.15) is 12.1 Å². The Morgan fingerprint density at radius 1 is 1.11 bits per heavy atom. The summed E-state index contributed by atoms with van der Waals surface area (Å²) in [6, 6.07) is -0.120. The minimum atomic E-state index is -0.240. The van der Waals surface area contributed by atoms with Gasteiger partial charge < -0.3 is 10.2 Å². The van der Waals surface area contributed by atoms with E-state index in [1.54, 1.807) is 0 Å². The van der Waals surface area contributed by atoms with Crippen LogP contribution in [0.1, 0.15) is 58.3 Å². The molecule has 3 rings (SSSR count). The van der Waals surface area contributed by atoms with E-state index in [1.807, 2.05) is 11.8 Å². The van der Waals surface area contributed by atoms with Crippen LogP contribution in [0.15, 0.2) is 0 Å². The van der Waals surface area contributed by atoms with Crippen molar-refractivity contribution in [2.75, 3.05) is 0 Å². The highest BCUT2D eigenvalue weighted by molar-refractivity contribution is 5.97. The largest absolute Gasteiger partial charge is 0.342 e. The molecule has 1 N–H and O–H groups in total. The predicted octanol–water partition coefficient (Wildman–Crippen LogP) is 1.83. The maximum Gasteiger partial charge on any atom is 0.246 e. The highest BCUT2D eigenvalue weighted by Gasteiger charge is 2.48. The van der Waals surface area contributed by atoms with Crippen LogP contribution < -0.4 is 5.32 Å². The molecule has 2 aliphatic carbocycles. The zero-order chi connectivity index (χ0) is 13.4. The summed E-state index contributed by atoms with van der Waals surface area (Å²) in [5.41, 5.74) is 0. The standard InChI is InChI=1S/C15H24N2O2/c1-2-12-14(18)16-13(10-6-4-3-5-7-10)15(19)17(12)11-8-9-11/h10-13H,2-9H2,1H3,(H,16,18). The summed E-state index contributed by atoms with van der Waals surface area (Å²) in [4.78, 5) is 26.9. The van der Waals surface area contributed by atoms with Crippen molar-refractivity contribution in [3.63, 3.8) is 0 Å². The molecule has 0 aromatic carbocycles. The fourth-order valence-electron chi connectivity index (χ4n) is 3.71. The van der Waals surface area contributed by atoms with Crippen LogP contribution in [0.3, 0.4) is 0 Å². The number of hydrogen-bond donors (Lipinski definition) is 1. The summed E-state index contributed by atoms with van der Waals surface area (Å²) in [5.74, 6) is 0.634. The molecular formula is C15H24N2O2. The van der Waals surface area contributed by atoms with Gasteiger partial charge in [0.25, 0.3) is 0 Å². The van der Waals surface area contributed by atoms with Crippen molar-refractivity contribution in [2.24, 2.45) is 5.92 Å². The number of nitrogens with one attached hydrogen (secondary N) is 1. The lowest BCUT2D eigenvalue weighted by Crippen LogP contribution is -2.65. The third-order valence-corrected chi connectivity index (χ3v) is 4.90. The molecule has 4 heteroatoms. The Morgan fingerprint density at radius 2 is 1.79 bits per heavy atom. The minimum absolute atomic E-state index is 0.0737. The lowest BCUT2D eigenvalue weighted by Gasteiger charge is -2.42. The molecule has 106 valence electrons. The van der Waals surface area contributed by atoms with Crippen LogP contribution >= 0.6 is 0 Å². The van der Waals surface area contributed by atoms with Gasteiger partial charge in [0.2, 0.25) is 11.8 Å². The monoisotopic (exact) mass is 264 g/mol. The summed E-state index contributed by atoms with van der Waals surface area (Å²) < 4.78 is 0. The summed E-state index contributed by atoms with van der Waals surface area (Å²) >= 11 is 0. The summed E-state index contributed by atoms with van der Waals surface area (Å²) in [5, 5.41) is 3.02. The zero-order valence-electron chi connectivity index (χ0n) is 11.7. The second-order valence-corrected chi connectivity index (χ2v) is 6.29. The van der Waals surface area contributed by atoms with Gasteiger partial charge in [0.15, 0.2) is 0 Å². The van der Waals surface area contributed by atoms with E-state index in [9.17, 15) is 9.59 Å². The van der Waals surface area contributed by atoms with Crippen LogP contribution in [0.4, 0.5) is 0 Å². The van der Waals surface area contributed by atoms with E-state index < -0.39 is 0 Å². The van der Waals surface area contributed by atoms with Crippen LogP contribution in [0, 0.1) is 5.92 Å². The van der Waals surface area contributed by atoms with Gasteiger partial charge in [0.05, 0.1) is 0 Å². The van der Waals surface area contributed by atoms with Crippen molar-refractivity contribution >= 4 is 11.8 Å². The molecule has 1 saturated heterocycles. The average molecular weight is 264 g/mol. The van der Waals surface area contributed by atoms with Crippen molar-refractivity contribution in [1.82, 2.24) is 10.2 Å². The number of rotatable bonds is 3. The number of nitrogens with zero attached hydrogens (tertiary/aromatic N) is 1. The van der Waals surface area contributed by atoms with E-state index in [4.69, 9.17) is 0 Å². The van der Waals surface area contributed by atoms with Crippen molar-refractivity contribution in [1.29, 1.82) is 0 Å². The molecule has 3 fully saturated rings. The number of carbonyl (C=O) groups excluding carboxylic acids is 2. The minimum Gasteiger partial charge on any atom is -0.342 e. The molecule has 19 heavy (non-hydrogen) atoms. The number of carbonyl (C=O) groups is 2. The van der Waals surface area contributed by atoms with Crippen LogP contribution in [0.25, 0.3) is 0 Å². The van der Waals surface area contributed by atoms with Crippen molar-refractivity contribution in [3.8, 4) is 0 Å². The zero-order valence-corrected chi connectivity index (χ0v) is 11.7. The first kappa shape index (κ1) is 12.9. The van der Waals surface area contributed by atoms with Crippen LogP contribution in [-0.4, -0.2) is 34.8 Å². The van der Waals surface area contributed by atoms with Gasteiger partial charge in [-0.15, -0.1) is 0 Å². The Bertz CT molecular complexity index is 372. The summed E-state index contributed by atoms with van der Waals surface area (Å²) in [6.45, 7) is 1.99. The summed E-state index contributed by atoms with van der Waals surface area (Å²) in [6.07, 6.45) is 8.73. The number of hydrogen-bond acceptors (Lipinski definition) is 2. The van der Waals surface area contributed by atoms with Crippen LogP contribution in [-0.2, 0) is 9.59 Å². The fraction of sp³-hybridized carbons (Fsp3) is 0.867. The van der Waals surface area contributed by atoms with Crippen molar-refractivity contribution in [2.45, 2.75) is 76.4 Å². The lowest BCUT2D eigenvalue weighted by molar-refractivity contribution is -0.152. The number of piperazine rings is 1. The van der Waals surface area contributed by atoms with Gasteiger partial charge in [-0.2, -0.15) is 0 Å². The molecule has 0 spiro atoms. The van der Waals surface area contributed by atoms with Crippen molar-refractivity contribution in [3.05, 3.63) is 0 Å². The first-order chi connectivity index (χ1) is 9.22. The molecule has 4 nitrogen and oxygen atoms in total. The molecule has 1 aliphatic heterocycles. The van der Waals surface area contributed by atoms with Crippen molar-refractivity contribution < 1.29 is 9.59 Å². The maximum atomic E-state index is 12.7. The van der Waals surface area contributed by atoms with Gasteiger partial charge in [-0.05, 0) is 38.0 Å². The SMILES string of the molecule is CCC1C(=O)NC(C2CCCCC2)C(=O)N1C1CC1. The van der Waals surface area contributed by atoms with Crippen LogP contribution in [0.5, 0.6) is 0 Å². The Kier molecular flexibility index (Phi) is 3.50. The Balaban J connectivity index is 1.78. The molecule has 0 radical (unpaired) electrons. The van der Waals surface area contributed by atoms with E-state index in [0.29, 0.717) is 12.0 Å². The fourth-order valence-corrected chi connectivity index (χ4v) is 3.71. The van der Waals surface area contributed by atoms with E-state index in [1.165, 1.54) is 19.3 Å². The lowest BCUT2D eigenvalue weighted by atomic mass is 9.82. The Hall–Kier alpha value is -1.06. The first-order valence-corrected chi connectivity index (χ1v) is 7.85. The molecule has 2 saturated carbocycles. The third kappa shape index (κ3) is 2.37. The second-order valence-electron chi connectivity index (χ2n) is 6.29. The quantitative estimate of drug-likeness (QED) is 0.845. The van der Waals surface area contributed by atoms with Crippen LogP contribution in [0.2, 0.25) is 0 Å². The molecule has 0 aromatic rings. The predicted molar refractivity (Wildman–Crippen MR) is 72.5 cm³/mol. The van der Waals surface area contributed by atoms with Gasteiger partial charge in [0, 0.05) is 6.04 Å². The summed E-state index contributed by atoms with van der Waals surface area (Å²) in [7, 11) is 0. The van der Waals surface area contributed by atoms with Gasteiger partial charge in [-0.25, -0.2) is 0 Å². The van der Waals surface area contributed by atoms with E-state index in [2.05, 4.69) is 5.32 Å². The second kappa shape index (κ2) is 5.14. The maximum absolute atomic E-state index is 12.7. The Labute approximate surface area is 114 Å². The van der Waals surface area contributed by atoms with Gasteiger partial charge in [-0.3, -0.25) is 9.59 Å². The van der Waals surface area contributed by atoms with E-state index in [-0.39, 0.29) is 23.9 Å².